The Hall–Kier alpha value is -1.00. The molecule has 0 aliphatic carbocycles. The average Bonchev–Trinajstić information content (AvgIpc) is 2.71. The number of likely N-dealkylation sites (tertiary alicyclic amines) is 1. The summed E-state index contributed by atoms with van der Waals surface area (Å²) in [7, 11) is 0. The fourth-order valence-electron chi connectivity index (χ4n) is 2.34. The van der Waals surface area contributed by atoms with Gasteiger partial charge in [0.15, 0.2) is 0 Å². The molecule has 0 saturated carbocycles. The molecule has 0 bridgehead atoms. The first-order valence-electron chi connectivity index (χ1n) is 6.52. The first-order valence-corrected chi connectivity index (χ1v) is 6.90. The Morgan fingerprint density at radius 2 is 2.17 bits per heavy atom. The van der Waals surface area contributed by atoms with Crippen LogP contribution in [-0.2, 0) is 6.54 Å². The van der Waals surface area contributed by atoms with E-state index >= 15 is 0 Å². The summed E-state index contributed by atoms with van der Waals surface area (Å²) in [5.74, 6) is 0.0715. The topological polar surface area (TPSA) is 51.3 Å². The molecule has 2 rings (SSSR count). The van der Waals surface area contributed by atoms with Gasteiger partial charge >= 0.3 is 0 Å². The van der Waals surface area contributed by atoms with E-state index in [1.54, 1.807) is 6.07 Å². The lowest BCUT2D eigenvalue weighted by molar-refractivity contribution is 0.0703. The van der Waals surface area contributed by atoms with Gasteiger partial charge in [0.05, 0.1) is 5.02 Å². The lowest BCUT2D eigenvalue weighted by Gasteiger charge is -2.30. The first-order chi connectivity index (χ1) is 8.61. The molecule has 1 aliphatic heterocycles. The van der Waals surface area contributed by atoms with Crippen molar-refractivity contribution in [3.8, 4) is 0 Å². The van der Waals surface area contributed by atoms with Crippen molar-refractivity contribution in [2.45, 2.75) is 38.8 Å². The van der Waals surface area contributed by atoms with Gasteiger partial charge in [-0.1, -0.05) is 18.5 Å². The molecule has 1 aromatic rings. The van der Waals surface area contributed by atoms with Crippen molar-refractivity contribution in [2.24, 2.45) is 5.73 Å². The molecule has 1 fully saturated rings. The van der Waals surface area contributed by atoms with Crippen molar-refractivity contribution in [3.63, 3.8) is 0 Å². The Labute approximate surface area is 113 Å². The van der Waals surface area contributed by atoms with Crippen molar-refractivity contribution < 1.29 is 4.79 Å². The van der Waals surface area contributed by atoms with Gasteiger partial charge in [0, 0.05) is 31.9 Å². The van der Waals surface area contributed by atoms with E-state index in [4.69, 9.17) is 17.3 Å². The Bertz CT molecular complexity index is 422. The third-order valence-electron chi connectivity index (χ3n) is 3.37. The van der Waals surface area contributed by atoms with Crippen LogP contribution in [0.2, 0.25) is 5.02 Å². The molecule has 0 spiro atoms. The summed E-state index contributed by atoms with van der Waals surface area (Å²) >= 11 is 6.00. The van der Waals surface area contributed by atoms with Gasteiger partial charge in [-0.3, -0.25) is 4.79 Å². The van der Waals surface area contributed by atoms with Gasteiger partial charge < -0.3 is 15.2 Å². The summed E-state index contributed by atoms with van der Waals surface area (Å²) in [6, 6.07) is 1.99. The second-order valence-electron chi connectivity index (χ2n) is 4.87. The van der Waals surface area contributed by atoms with Crippen LogP contribution in [0.4, 0.5) is 0 Å². The Morgan fingerprint density at radius 3 is 2.78 bits per heavy atom. The number of aromatic nitrogens is 1. The van der Waals surface area contributed by atoms with Gasteiger partial charge in [0.2, 0.25) is 0 Å². The fraction of sp³-hybridized carbons (Fsp3) is 0.615. The van der Waals surface area contributed by atoms with Crippen LogP contribution in [0.3, 0.4) is 0 Å². The number of aryl methyl sites for hydroxylation is 1. The molecule has 0 atom stereocenters. The lowest BCUT2D eigenvalue weighted by Crippen LogP contribution is -2.43. The number of carbonyl (C=O) groups excluding carboxylic acids is 1. The van der Waals surface area contributed by atoms with Gasteiger partial charge in [0.25, 0.3) is 5.91 Å². The number of halogens is 1. The van der Waals surface area contributed by atoms with Crippen LogP contribution in [0, 0.1) is 0 Å². The molecular formula is C13H20ClN3O. The molecule has 0 unspecified atom stereocenters. The van der Waals surface area contributed by atoms with E-state index in [-0.39, 0.29) is 11.9 Å². The predicted molar refractivity (Wildman–Crippen MR) is 72.8 cm³/mol. The monoisotopic (exact) mass is 269 g/mol. The highest BCUT2D eigenvalue weighted by atomic mass is 35.5. The molecule has 0 aromatic carbocycles. The van der Waals surface area contributed by atoms with Gasteiger partial charge in [-0.2, -0.15) is 0 Å². The molecule has 5 heteroatoms. The van der Waals surface area contributed by atoms with Crippen molar-refractivity contribution in [1.29, 1.82) is 0 Å². The van der Waals surface area contributed by atoms with Crippen molar-refractivity contribution in [2.75, 3.05) is 13.1 Å². The molecule has 0 radical (unpaired) electrons. The molecule has 18 heavy (non-hydrogen) atoms. The zero-order valence-corrected chi connectivity index (χ0v) is 11.5. The second-order valence-corrected chi connectivity index (χ2v) is 5.30. The third-order valence-corrected chi connectivity index (χ3v) is 3.58. The Morgan fingerprint density at radius 1 is 1.50 bits per heavy atom. The van der Waals surface area contributed by atoms with Crippen molar-refractivity contribution >= 4 is 17.5 Å². The van der Waals surface area contributed by atoms with Gasteiger partial charge in [-0.25, -0.2) is 0 Å². The zero-order chi connectivity index (χ0) is 13.1. The van der Waals surface area contributed by atoms with E-state index in [1.807, 2.05) is 15.7 Å². The van der Waals surface area contributed by atoms with E-state index < -0.39 is 0 Å². The number of piperidine rings is 1. The van der Waals surface area contributed by atoms with Crippen LogP contribution in [0.1, 0.15) is 36.7 Å². The van der Waals surface area contributed by atoms with Crippen LogP contribution in [0.5, 0.6) is 0 Å². The van der Waals surface area contributed by atoms with E-state index in [0.29, 0.717) is 10.7 Å². The predicted octanol–water partition coefficient (Wildman–Crippen LogP) is 2.11. The third kappa shape index (κ3) is 2.87. The van der Waals surface area contributed by atoms with Crippen LogP contribution in [-0.4, -0.2) is 34.5 Å². The highest BCUT2D eigenvalue weighted by Crippen LogP contribution is 2.18. The van der Waals surface area contributed by atoms with E-state index in [2.05, 4.69) is 6.92 Å². The highest BCUT2D eigenvalue weighted by molar-refractivity contribution is 6.31. The number of rotatable bonds is 3. The van der Waals surface area contributed by atoms with Gasteiger partial charge in [-0.05, 0) is 25.3 Å². The summed E-state index contributed by atoms with van der Waals surface area (Å²) in [5.41, 5.74) is 6.55. The minimum absolute atomic E-state index is 0.0715. The first kappa shape index (κ1) is 13.4. The quantitative estimate of drug-likeness (QED) is 0.914. The maximum absolute atomic E-state index is 12.4. The van der Waals surface area contributed by atoms with Crippen LogP contribution < -0.4 is 5.73 Å². The summed E-state index contributed by atoms with van der Waals surface area (Å²) < 4.78 is 1.94. The van der Waals surface area contributed by atoms with Crippen molar-refractivity contribution in [1.82, 2.24) is 9.47 Å². The molecule has 2 N–H and O–H groups in total. The Balaban J connectivity index is 2.12. The minimum Gasteiger partial charge on any atom is -0.342 e. The maximum Gasteiger partial charge on any atom is 0.270 e. The molecule has 4 nitrogen and oxygen atoms in total. The van der Waals surface area contributed by atoms with Crippen LogP contribution >= 0.6 is 11.6 Å². The molecular weight excluding hydrogens is 250 g/mol. The molecule has 1 saturated heterocycles. The molecule has 1 aromatic heterocycles. The minimum atomic E-state index is 0.0715. The number of nitrogens with two attached hydrogens (primary N) is 1. The summed E-state index contributed by atoms with van der Waals surface area (Å²) in [6.45, 7) is 4.40. The fourth-order valence-corrected chi connectivity index (χ4v) is 2.57. The number of amides is 1. The lowest BCUT2D eigenvalue weighted by atomic mass is 10.1. The number of hydrogen-bond donors (Lipinski definition) is 1. The largest absolute Gasteiger partial charge is 0.342 e. The second kappa shape index (κ2) is 5.76. The van der Waals surface area contributed by atoms with Crippen molar-refractivity contribution in [3.05, 3.63) is 23.0 Å². The number of hydrogen-bond acceptors (Lipinski definition) is 2. The highest BCUT2D eigenvalue weighted by Gasteiger charge is 2.24. The Kier molecular flexibility index (Phi) is 4.30. The molecule has 2 heterocycles. The van der Waals surface area contributed by atoms with Crippen LogP contribution in [0.25, 0.3) is 0 Å². The van der Waals surface area contributed by atoms with Crippen LogP contribution in [0.15, 0.2) is 12.3 Å². The number of carbonyl (C=O) groups is 1. The van der Waals surface area contributed by atoms with E-state index in [0.717, 1.165) is 38.9 Å². The molecule has 100 valence electrons. The normalized spacial score (nSPS) is 17.2. The maximum atomic E-state index is 12.4. The smallest absolute Gasteiger partial charge is 0.270 e. The summed E-state index contributed by atoms with van der Waals surface area (Å²) in [4.78, 5) is 14.3. The average molecular weight is 270 g/mol. The van der Waals surface area contributed by atoms with E-state index in [9.17, 15) is 4.79 Å². The summed E-state index contributed by atoms with van der Waals surface area (Å²) in [5, 5.41) is 0.625. The zero-order valence-electron chi connectivity index (χ0n) is 10.7. The summed E-state index contributed by atoms with van der Waals surface area (Å²) in [6.07, 6.45) is 4.58. The van der Waals surface area contributed by atoms with Gasteiger partial charge in [0.1, 0.15) is 5.69 Å². The van der Waals surface area contributed by atoms with Gasteiger partial charge in [-0.15, -0.1) is 0 Å². The number of nitrogens with zero attached hydrogens (tertiary/aromatic N) is 2. The standard InChI is InChI=1S/C13H20ClN3O/c1-2-5-17-9-10(14)8-12(17)13(18)16-6-3-11(15)4-7-16/h8-9,11H,2-7,15H2,1H3. The molecule has 1 amide bonds. The van der Waals surface area contributed by atoms with E-state index in [1.165, 1.54) is 0 Å². The SMILES string of the molecule is CCCn1cc(Cl)cc1C(=O)N1CCC(N)CC1. The molecule has 1 aliphatic rings.